The minimum absolute atomic E-state index is 0.344. The molecule has 25 heavy (non-hydrogen) atoms. The molecule has 0 atom stereocenters. The summed E-state index contributed by atoms with van der Waals surface area (Å²) in [5, 5.41) is 0. The van der Waals surface area contributed by atoms with Crippen molar-refractivity contribution in [3.05, 3.63) is 0 Å². The fourth-order valence-corrected chi connectivity index (χ4v) is 4.68. The molecule has 0 N–H and O–H groups in total. The van der Waals surface area contributed by atoms with Crippen LogP contribution in [0.4, 0.5) is 0 Å². The van der Waals surface area contributed by atoms with Gasteiger partial charge in [-0.25, -0.2) is 0 Å². The lowest BCUT2D eigenvalue weighted by molar-refractivity contribution is -0.134. The lowest BCUT2D eigenvalue weighted by Crippen LogP contribution is -2.53. The second-order valence-electron chi connectivity index (χ2n) is 8.47. The van der Waals surface area contributed by atoms with Crippen LogP contribution in [0.3, 0.4) is 0 Å². The van der Waals surface area contributed by atoms with Crippen molar-refractivity contribution in [3.8, 4) is 0 Å². The highest BCUT2D eigenvalue weighted by Crippen LogP contribution is 2.20. The molecule has 0 aromatic heterocycles. The van der Waals surface area contributed by atoms with Gasteiger partial charge in [0.1, 0.15) is 0 Å². The van der Waals surface area contributed by atoms with E-state index in [1.807, 2.05) is 0 Å². The molecule has 0 spiro atoms. The summed E-state index contributed by atoms with van der Waals surface area (Å²) in [4.78, 5) is 22.3. The molecule has 3 aliphatic heterocycles. The average Bonchev–Trinajstić information content (AvgIpc) is 2.92. The fraction of sp³-hybridized carbons (Fsp3) is 0.950. The first kappa shape index (κ1) is 19.1. The molecule has 5 heteroatoms. The van der Waals surface area contributed by atoms with Crippen LogP contribution in [0.2, 0.25) is 0 Å². The third-order valence-electron chi connectivity index (χ3n) is 6.47. The van der Waals surface area contributed by atoms with E-state index in [4.69, 9.17) is 0 Å². The van der Waals surface area contributed by atoms with Gasteiger partial charge in [-0.15, -0.1) is 0 Å². The highest BCUT2D eigenvalue weighted by molar-refractivity contribution is 5.78. The average molecular weight is 351 g/mol. The summed E-state index contributed by atoms with van der Waals surface area (Å²) in [5.41, 5.74) is 0. The number of carbonyl (C=O) groups is 1. The van der Waals surface area contributed by atoms with E-state index in [1.54, 1.807) is 0 Å². The summed E-state index contributed by atoms with van der Waals surface area (Å²) in [6, 6.07) is 1.36. The predicted octanol–water partition coefficient (Wildman–Crippen LogP) is 1.88. The van der Waals surface area contributed by atoms with Gasteiger partial charge in [-0.1, -0.05) is 12.8 Å². The lowest BCUT2D eigenvalue weighted by Gasteiger charge is -2.40. The molecule has 3 saturated heterocycles. The van der Waals surface area contributed by atoms with Crippen molar-refractivity contribution < 1.29 is 4.79 Å². The van der Waals surface area contributed by atoms with Crippen LogP contribution in [-0.4, -0.2) is 96.5 Å². The molecular weight excluding hydrogens is 312 g/mol. The Labute approximate surface area is 154 Å². The van der Waals surface area contributed by atoms with E-state index >= 15 is 0 Å². The number of likely N-dealkylation sites (tertiary alicyclic amines) is 2. The summed E-state index contributed by atoms with van der Waals surface area (Å²) in [5.74, 6) is 0.344. The van der Waals surface area contributed by atoms with Crippen LogP contribution in [0.15, 0.2) is 0 Å². The molecule has 5 nitrogen and oxygen atoms in total. The number of carbonyl (C=O) groups excluding carboxylic acids is 1. The maximum absolute atomic E-state index is 12.6. The highest BCUT2D eigenvalue weighted by atomic mass is 16.2. The molecular formula is C20H38N4O. The third-order valence-corrected chi connectivity index (χ3v) is 6.47. The van der Waals surface area contributed by atoms with Crippen molar-refractivity contribution in [1.29, 1.82) is 0 Å². The van der Waals surface area contributed by atoms with E-state index in [2.05, 4.69) is 33.4 Å². The Balaban J connectivity index is 1.38. The van der Waals surface area contributed by atoms with E-state index in [0.29, 0.717) is 18.5 Å². The molecule has 3 heterocycles. The second kappa shape index (κ2) is 9.33. The molecule has 3 aliphatic rings. The quantitative estimate of drug-likeness (QED) is 0.774. The SMILES string of the molecule is CC(C)N1CCN(C(=O)CN2CCC(N3CCCCCC3)CC2)CC1. The minimum atomic E-state index is 0.344. The van der Waals surface area contributed by atoms with E-state index in [-0.39, 0.29) is 0 Å². The molecule has 0 radical (unpaired) electrons. The van der Waals surface area contributed by atoms with Crippen LogP contribution in [0.1, 0.15) is 52.4 Å². The Morgan fingerprint density at radius 1 is 0.840 bits per heavy atom. The van der Waals surface area contributed by atoms with Gasteiger partial charge in [-0.3, -0.25) is 14.6 Å². The largest absolute Gasteiger partial charge is 0.339 e. The zero-order valence-corrected chi connectivity index (χ0v) is 16.5. The number of rotatable bonds is 4. The first-order valence-electron chi connectivity index (χ1n) is 10.6. The van der Waals surface area contributed by atoms with Gasteiger partial charge in [0.25, 0.3) is 0 Å². The first-order valence-corrected chi connectivity index (χ1v) is 10.6. The number of hydrogen-bond donors (Lipinski definition) is 0. The summed E-state index contributed by atoms with van der Waals surface area (Å²) in [6.45, 7) is 13.8. The molecule has 0 bridgehead atoms. The highest BCUT2D eigenvalue weighted by Gasteiger charge is 2.28. The van der Waals surface area contributed by atoms with Gasteiger partial charge < -0.3 is 9.80 Å². The normalized spacial score (nSPS) is 26.1. The van der Waals surface area contributed by atoms with Crippen LogP contribution < -0.4 is 0 Å². The Morgan fingerprint density at radius 2 is 1.44 bits per heavy atom. The van der Waals surface area contributed by atoms with Crippen LogP contribution in [-0.2, 0) is 4.79 Å². The molecule has 0 aromatic carbocycles. The van der Waals surface area contributed by atoms with Gasteiger partial charge in [0.05, 0.1) is 6.54 Å². The summed E-state index contributed by atoms with van der Waals surface area (Å²) < 4.78 is 0. The molecule has 0 aliphatic carbocycles. The van der Waals surface area contributed by atoms with Crippen molar-refractivity contribution in [2.45, 2.75) is 64.5 Å². The molecule has 0 aromatic rings. The van der Waals surface area contributed by atoms with Crippen LogP contribution in [0.5, 0.6) is 0 Å². The van der Waals surface area contributed by atoms with Gasteiger partial charge in [0.2, 0.25) is 5.91 Å². The summed E-state index contributed by atoms with van der Waals surface area (Å²) >= 11 is 0. The van der Waals surface area contributed by atoms with Gasteiger partial charge in [0.15, 0.2) is 0 Å². The van der Waals surface area contributed by atoms with Crippen LogP contribution in [0, 0.1) is 0 Å². The molecule has 1 amide bonds. The van der Waals surface area contributed by atoms with E-state index in [1.165, 1.54) is 51.6 Å². The lowest BCUT2D eigenvalue weighted by atomic mass is 10.0. The maximum atomic E-state index is 12.6. The number of nitrogens with zero attached hydrogens (tertiary/aromatic N) is 4. The van der Waals surface area contributed by atoms with E-state index in [9.17, 15) is 4.79 Å². The Morgan fingerprint density at radius 3 is 2.00 bits per heavy atom. The van der Waals surface area contributed by atoms with Crippen LogP contribution in [0.25, 0.3) is 0 Å². The number of amides is 1. The fourth-order valence-electron chi connectivity index (χ4n) is 4.68. The molecule has 144 valence electrons. The van der Waals surface area contributed by atoms with Crippen LogP contribution >= 0.6 is 0 Å². The van der Waals surface area contributed by atoms with E-state index in [0.717, 1.165) is 45.3 Å². The van der Waals surface area contributed by atoms with Gasteiger partial charge in [-0.2, -0.15) is 0 Å². The van der Waals surface area contributed by atoms with Crippen molar-refractivity contribution in [2.24, 2.45) is 0 Å². The van der Waals surface area contributed by atoms with Crippen molar-refractivity contribution in [2.75, 3.05) is 58.9 Å². The molecule has 0 unspecified atom stereocenters. The maximum Gasteiger partial charge on any atom is 0.236 e. The number of piperazine rings is 1. The minimum Gasteiger partial charge on any atom is -0.339 e. The zero-order chi connectivity index (χ0) is 17.6. The smallest absolute Gasteiger partial charge is 0.236 e. The van der Waals surface area contributed by atoms with Gasteiger partial charge in [0, 0.05) is 51.4 Å². The number of hydrogen-bond acceptors (Lipinski definition) is 4. The first-order chi connectivity index (χ1) is 12.1. The van der Waals surface area contributed by atoms with Gasteiger partial charge >= 0.3 is 0 Å². The second-order valence-corrected chi connectivity index (χ2v) is 8.47. The standard InChI is InChI=1S/C20H38N4O/c1-18(2)22-13-15-24(16-14-22)20(25)17-21-11-7-19(8-12-21)23-9-5-3-4-6-10-23/h18-19H,3-17H2,1-2H3. The summed E-state index contributed by atoms with van der Waals surface area (Å²) in [7, 11) is 0. The molecule has 3 rings (SSSR count). The Bertz CT molecular complexity index is 404. The van der Waals surface area contributed by atoms with Crippen molar-refractivity contribution >= 4 is 5.91 Å². The molecule has 0 saturated carbocycles. The number of piperidine rings is 1. The van der Waals surface area contributed by atoms with E-state index < -0.39 is 0 Å². The van der Waals surface area contributed by atoms with Crippen molar-refractivity contribution in [1.82, 2.24) is 19.6 Å². The third kappa shape index (κ3) is 5.41. The zero-order valence-electron chi connectivity index (χ0n) is 16.5. The topological polar surface area (TPSA) is 30.0 Å². The molecule has 3 fully saturated rings. The predicted molar refractivity (Wildman–Crippen MR) is 103 cm³/mol. The monoisotopic (exact) mass is 350 g/mol. The van der Waals surface area contributed by atoms with Crippen molar-refractivity contribution in [3.63, 3.8) is 0 Å². The Hall–Kier alpha value is -0.650. The Kier molecular flexibility index (Phi) is 7.14. The van der Waals surface area contributed by atoms with Gasteiger partial charge in [-0.05, 0) is 52.6 Å². The summed E-state index contributed by atoms with van der Waals surface area (Å²) in [6.07, 6.45) is 8.06.